The van der Waals surface area contributed by atoms with E-state index < -0.39 is 0 Å². The second-order valence-electron chi connectivity index (χ2n) is 5.03. The normalized spacial score (nSPS) is 10.7. The molecule has 3 rings (SSSR count). The molecule has 1 aromatic carbocycles. The maximum Gasteiger partial charge on any atom is 0.278 e. The fraction of sp³-hybridized carbons (Fsp3) is 0.125. The van der Waals surface area contributed by atoms with Crippen LogP contribution in [-0.2, 0) is 0 Å². The predicted molar refractivity (Wildman–Crippen MR) is 81.7 cm³/mol. The van der Waals surface area contributed by atoms with Crippen LogP contribution >= 0.6 is 0 Å². The molecule has 112 valence electrons. The zero-order chi connectivity index (χ0) is 15.7. The summed E-state index contributed by atoms with van der Waals surface area (Å²) in [6.07, 6.45) is 1.68. The largest absolute Gasteiger partial charge is 0.321 e. The van der Waals surface area contributed by atoms with Crippen LogP contribution < -0.4 is 5.32 Å². The minimum Gasteiger partial charge on any atom is -0.321 e. The Morgan fingerprint density at radius 1 is 1.14 bits per heavy atom. The molecule has 0 spiro atoms. The van der Waals surface area contributed by atoms with Gasteiger partial charge < -0.3 is 9.88 Å². The summed E-state index contributed by atoms with van der Waals surface area (Å²) in [7, 11) is 0. The Kier molecular flexibility index (Phi) is 3.50. The lowest BCUT2D eigenvalue weighted by atomic mass is 10.2. The van der Waals surface area contributed by atoms with E-state index >= 15 is 0 Å². The summed E-state index contributed by atoms with van der Waals surface area (Å²) in [5, 5.41) is 9.47. The molecule has 1 amide bonds. The molecule has 0 saturated carbocycles. The van der Waals surface area contributed by atoms with Gasteiger partial charge in [0, 0.05) is 23.3 Å². The summed E-state index contributed by atoms with van der Waals surface area (Å²) >= 11 is 0. The van der Waals surface area contributed by atoms with E-state index in [4.69, 9.17) is 0 Å². The van der Waals surface area contributed by atoms with Gasteiger partial charge in [-0.3, -0.25) is 9.89 Å². The van der Waals surface area contributed by atoms with E-state index in [1.807, 2.05) is 30.5 Å². The molecule has 0 aliphatic heterocycles. The standard InChI is InChI=1S/C16H15FN4O/c1-10-3-4-11(2)21(10)14-9-18-20-15(14)16(22)19-13-7-5-12(17)6-8-13/h3-9H,1-2H3,(H,18,20)(H,19,22). The molecule has 0 unspecified atom stereocenters. The van der Waals surface area contributed by atoms with Crippen LogP contribution in [0.15, 0.2) is 42.6 Å². The lowest BCUT2D eigenvalue weighted by molar-refractivity contribution is 0.102. The van der Waals surface area contributed by atoms with Crippen molar-refractivity contribution in [3.63, 3.8) is 0 Å². The first-order valence-corrected chi connectivity index (χ1v) is 6.82. The SMILES string of the molecule is Cc1ccc(C)n1-c1c[nH]nc1C(=O)Nc1ccc(F)cc1. The monoisotopic (exact) mass is 298 g/mol. The third kappa shape index (κ3) is 2.50. The fourth-order valence-electron chi connectivity index (χ4n) is 2.39. The lowest BCUT2D eigenvalue weighted by Crippen LogP contribution is -2.15. The molecule has 0 radical (unpaired) electrons. The molecule has 0 bridgehead atoms. The van der Waals surface area contributed by atoms with Gasteiger partial charge in [-0.2, -0.15) is 5.10 Å². The van der Waals surface area contributed by atoms with Crippen molar-refractivity contribution in [3.05, 3.63) is 65.5 Å². The number of halogens is 1. The molecule has 22 heavy (non-hydrogen) atoms. The number of nitrogens with zero attached hydrogens (tertiary/aromatic N) is 2. The maximum atomic E-state index is 12.9. The lowest BCUT2D eigenvalue weighted by Gasteiger charge is -2.09. The maximum absolute atomic E-state index is 12.9. The first kappa shape index (κ1) is 14.1. The van der Waals surface area contributed by atoms with Crippen molar-refractivity contribution in [3.8, 4) is 5.69 Å². The van der Waals surface area contributed by atoms with Crippen molar-refractivity contribution in [2.24, 2.45) is 0 Å². The first-order valence-electron chi connectivity index (χ1n) is 6.82. The number of H-pyrrole nitrogens is 1. The molecule has 0 aliphatic carbocycles. The highest BCUT2D eigenvalue weighted by atomic mass is 19.1. The number of benzene rings is 1. The van der Waals surface area contributed by atoms with Crippen molar-refractivity contribution in [2.45, 2.75) is 13.8 Å². The fourth-order valence-corrected chi connectivity index (χ4v) is 2.39. The summed E-state index contributed by atoms with van der Waals surface area (Å²) in [5.41, 5.74) is 3.50. The van der Waals surface area contributed by atoms with E-state index in [1.54, 1.807) is 6.20 Å². The molecule has 3 aromatic rings. The quantitative estimate of drug-likeness (QED) is 0.780. The molecule has 0 atom stereocenters. The number of rotatable bonds is 3. The van der Waals surface area contributed by atoms with Crippen LogP contribution in [0.3, 0.4) is 0 Å². The Morgan fingerprint density at radius 3 is 2.41 bits per heavy atom. The van der Waals surface area contributed by atoms with Crippen molar-refractivity contribution in [1.82, 2.24) is 14.8 Å². The molecule has 0 saturated heterocycles. The number of amides is 1. The molecule has 5 nitrogen and oxygen atoms in total. The van der Waals surface area contributed by atoms with Gasteiger partial charge in [0.15, 0.2) is 5.69 Å². The highest BCUT2D eigenvalue weighted by Crippen LogP contribution is 2.19. The second-order valence-corrected chi connectivity index (χ2v) is 5.03. The van der Waals surface area contributed by atoms with Gasteiger partial charge in [-0.05, 0) is 50.2 Å². The average molecular weight is 298 g/mol. The second kappa shape index (κ2) is 5.48. The molecule has 2 heterocycles. The topological polar surface area (TPSA) is 62.7 Å². The van der Waals surface area contributed by atoms with Gasteiger partial charge in [0.25, 0.3) is 5.91 Å². The Hall–Kier alpha value is -2.89. The van der Waals surface area contributed by atoms with Crippen LogP contribution in [0.4, 0.5) is 10.1 Å². The summed E-state index contributed by atoms with van der Waals surface area (Å²) in [5.74, 6) is -0.701. The van der Waals surface area contributed by atoms with Crippen molar-refractivity contribution in [1.29, 1.82) is 0 Å². The Balaban J connectivity index is 1.92. The number of aromatic nitrogens is 3. The molecular formula is C16H15FN4O. The minimum atomic E-state index is -0.352. The van der Waals surface area contributed by atoms with Gasteiger partial charge >= 0.3 is 0 Å². The number of nitrogens with one attached hydrogen (secondary N) is 2. The molecule has 6 heteroatoms. The smallest absolute Gasteiger partial charge is 0.278 e. The van der Waals surface area contributed by atoms with Crippen LogP contribution in [0.2, 0.25) is 0 Å². The van der Waals surface area contributed by atoms with E-state index in [9.17, 15) is 9.18 Å². The number of hydrogen-bond acceptors (Lipinski definition) is 2. The number of aromatic amines is 1. The van der Waals surface area contributed by atoms with E-state index in [2.05, 4.69) is 15.5 Å². The van der Waals surface area contributed by atoms with E-state index in [0.29, 0.717) is 11.4 Å². The predicted octanol–water partition coefficient (Wildman–Crippen LogP) is 3.21. The van der Waals surface area contributed by atoms with Crippen LogP contribution in [0.5, 0.6) is 0 Å². The third-order valence-corrected chi connectivity index (χ3v) is 3.45. The van der Waals surface area contributed by atoms with Gasteiger partial charge in [0.2, 0.25) is 0 Å². The van der Waals surface area contributed by atoms with Gasteiger partial charge in [0.1, 0.15) is 5.82 Å². The minimum absolute atomic E-state index is 0.284. The number of aryl methyl sites for hydroxylation is 2. The van der Waals surface area contributed by atoms with E-state index in [-0.39, 0.29) is 17.4 Å². The molecule has 2 aromatic heterocycles. The molecule has 0 aliphatic rings. The van der Waals surface area contributed by atoms with Crippen molar-refractivity contribution >= 4 is 11.6 Å². The molecule has 2 N–H and O–H groups in total. The van der Waals surface area contributed by atoms with Crippen molar-refractivity contribution in [2.75, 3.05) is 5.32 Å². The van der Waals surface area contributed by atoms with Crippen LogP contribution in [0.1, 0.15) is 21.9 Å². The highest BCUT2D eigenvalue weighted by molar-refractivity contribution is 6.05. The summed E-state index contributed by atoms with van der Waals surface area (Å²) in [6, 6.07) is 9.55. The summed E-state index contributed by atoms with van der Waals surface area (Å²) in [4.78, 5) is 12.4. The van der Waals surface area contributed by atoms with Crippen LogP contribution in [0, 0.1) is 19.7 Å². The Labute approximate surface area is 126 Å². The van der Waals surface area contributed by atoms with E-state index in [1.165, 1.54) is 24.3 Å². The van der Waals surface area contributed by atoms with Gasteiger partial charge in [-0.15, -0.1) is 0 Å². The number of anilines is 1. The van der Waals surface area contributed by atoms with Crippen molar-refractivity contribution < 1.29 is 9.18 Å². The molecule has 0 fully saturated rings. The van der Waals surface area contributed by atoms with Crippen LogP contribution in [0.25, 0.3) is 5.69 Å². The molecular weight excluding hydrogens is 283 g/mol. The number of hydrogen-bond donors (Lipinski definition) is 2. The average Bonchev–Trinajstić information content (AvgIpc) is 3.08. The Morgan fingerprint density at radius 2 is 1.77 bits per heavy atom. The first-order chi connectivity index (χ1) is 10.6. The highest BCUT2D eigenvalue weighted by Gasteiger charge is 2.18. The summed E-state index contributed by atoms with van der Waals surface area (Å²) < 4.78 is 14.9. The zero-order valence-electron chi connectivity index (χ0n) is 12.2. The number of carbonyl (C=O) groups excluding carboxylic acids is 1. The third-order valence-electron chi connectivity index (χ3n) is 3.45. The van der Waals surface area contributed by atoms with E-state index in [0.717, 1.165) is 11.4 Å². The Bertz CT molecular complexity index is 798. The number of carbonyl (C=O) groups is 1. The summed E-state index contributed by atoms with van der Waals surface area (Å²) in [6.45, 7) is 3.92. The van der Waals surface area contributed by atoms with Gasteiger partial charge in [-0.1, -0.05) is 0 Å². The zero-order valence-corrected chi connectivity index (χ0v) is 12.2. The van der Waals surface area contributed by atoms with Crippen LogP contribution in [-0.4, -0.2) is 20.7 Å². The van der Waals surface area contributed by atoms with Gasteiger partial charge in [-0.25, -0.2) is 4.39 Å². The van der Waals surface area contributed by atoms with Gasteiger partial charge in [0.05, 0.1) is 5.69 Å².